The molecule has 0 atom stereocenters. The minimum Gasteiger partial charge on any atom is -0.378 e. The number of azo groups is 1. The number of nitrogens with zero attached hydrogens (tertiary/aromatic N) is 4. The van der Waals surface area contributed by atoms with Gasteiger partial charge in [0.15, 0.2) is 0 Å². The molecule has 12 heteroatoms. The molecule has 0 radical (unpaired) electrons. The largest absolute Gasteiger partial charge is 0.378 e. The van der Waals surface area contributed by atoms with Crippen LogP contribution in [0.15, 0.2) is 107 Å². The third kappa shape index (κ3) is 11.9. The number of hydrogen-bond donors (Lipinski definition) is 4. The van der Waals surface area contributed by atoms with Gasteiger partial charge in [0.05, 0.1) is 18.0 Å². The van der Waals surface area contributed by atoms with Crippen LogP contribution in [-0.4, -0.2) is 71.3 Å². The number of carbonyl (C=O) groups excluding carboxylic acids is 2. The van der Waals surface area contributed by atoms with Gasteiger partial charge in [0.1, 0.15) is 0 Å². The Morgan fingerprint density at radius 3 is 1.34 bits per heavy atom. The van der Waals surface area contributed by atoms with Crippen LogP contribution < -0.4 is 31.1 Å². The van der Waals surface area contributed by atoms with Crippen LogP contribution in [0, 0.1) is 0 Å². The second-order valence-electron chi connectivity index (χ2n) is 10.9. The van der Waals surface area contributed by atoms with Crippen LogP contribution in [0.1, 0.15) is 20.7 Å². The molecule has 0 fully saturated rings. The maximum absolute atomic E-state index is 12.5. The molecule has 0 spiro atoms. The maximum atomic E-state index is 12.5. The van der Waals surface area contributed by atoms with E-state index < -0.39 is 0 Å². The van der Waals surface area contributed by atoms with Crippen molar-refractivity contribution in [2.75, 3.05) is 79.9 Å². The molecule has 4 aromatic carbocycles. The molecule has 0 aromatic heterocycles. The zero-order valence-corrected chi connectivity index (χ0v) is 28.8. The van der Waals surface area contributed by atoms with Gasteiger partial charge in [-0.3, -0.25) is 9.59 Å². The van der Waals surface area contributed by atoms with E-state index in [4.69, 9.17) is 0 Å². The Hall–Kier alpha value is -4.68. The summed E-state index contributed by atoms with van der Waals surface area (Å²) in [5.41, 5.74) is 6.85. The highest BCUT2D eigenvalue weighted by atomic mass is 33.1. The number of hydrogen-bond acceptors (Lipinski definition) is 10. The first-order chi connectivity index (χ1) is 22.8. The average molecular weight is 671 g/mol. The van der Waals surface area contributed by atoms with Gasteiger partial charge in [-0.1, -0.05) is 21.6 Å². The van der Waals surface area contributed by atoms with E-state index in [2.05, 4.69) is 48.5 Å². The lowest BCUT2D eigenvalue weighted by Crippen LogP contribution is -2.26. The normalized spacial score (nSPS) is 10.8. The molecule has 4 N–H and O–H groups in total. The highest BCUT2D eigenvalue weighted by molar-refractivity contribution is 8.76. The van der Waals surface area contributed by atoms with Gasteiger partial charge in [0.2, 0.25) is 0 Å². The van der Waals surface area contributed by atoms with E-state index in [9.17, 15) is 9.59 Å². The monoisotopic (exact) mass is 670 g/mol. The summed E-state index contributed by atoms with van der Waals surface area (Å²) >= 11 is 0. The first kappa shape index (κ1) is 35.2. The van der Waals surface area contributed by atoms with Gasteiger partial charge in [-0.2, -0.15) is 10.2 Å². The molecular weight excluding hydrogens is 629 g/mol. The van der Waals surface area contributed by atoms with E-state index >= 15 is 0 Å². The molecule has 4 rings (SSSR count). The Balaban J connectivity index is 1.04. The fourth-order valence-electron chi connectivity index (χ4n) is 4.21. The van der Waals surface area contributed by atoms with Crippen LogP contribution in [0.3, 0.4) is 0 Å². The fraction of sp³-hybridized carbons (Fsp3) is 0.257. The fourth-order valence-corrected chi connectivity index (χ4v) is 6.03. The van der Waals surface area contributed by atoms with Crippen molar-refractivity contribution in [3.63, 3.8) is 0 Å². The highest BCUT2D eigenvalue weighted by Crippen LogP contribution is 2.22. The van der Waals surface area contributed by atoms with E-state index in [1.54, 1.807) is 45.9 Å². The summed E-state index contributed by atoms with van der Waals surface area (Å²) in [5, 5.41) is 21.1. The molecule has 246 valence electrons. The lowest BCUT2D eigenvalue weighted by atomic mass is 10.2. The second-order valence-corrected chi connectivity index (χ2v) is 13.6. The Morgan fingerprint density at radius 2 is 0.915 bits per heavy atom. The number of carbonyl (C=O) groups is 2. The van der Waals surface area contributed by atoms with Crippen molar-refractivity contribution in [2.24, 2.45) is 10.2 Å². The van der Waals surface area contributed by atoms with Crippen molar-refractivity contribution < 1.29 is 9.59 Å². The number of benzene rings is 4. The molecule has 0 bridgehead atoms. The summed E-state index contributed by atoms with van der Waals surface area (Å²) in [5.74, 6) is 1.30. The van der Waals surface area contributed by atoms with E-state index in [1.165, 1.54) is 0 Å². The van der Waals surface area contributed by atoms with Crippen molar-refractivity contribution in [1.82, 2.24) is 10.6 Å². The predicted octanol–water partition coefficient (Wildman–Crippen LogP) is 7.26. The van der Waals surface area contributed by atoms with Crippen molar-refractivity contribution in [3.8, 4) is 0 Å². The third-order valence-corrected chi connectivity index (χ3v) is 9.33. The zero-order valence-electron chi connectivity index (χ0n) is 27.2. The summed E-state index contributed by atoms with van der Waals surface area (Å²) in [6.07, 6.45) is 0. The molecule has 4 aromatic rings. The Kier molecular flexibility index (Phi) is 13.8. The molecular formula is C35H42N8O2S2. The lowest BCUT2D eigenvalue weighted by Gasteiger charge is -2.14. The number of amides is 2. The molecule has 0 saturated carbocycles. The number of anilines is 4. The quantitative estimate of drug-likeness (QED) is 0.0402. The second kappa shape index (κ2) is 18.5. The van der Waals surface area contributed by atoms with Gasteiger partial charge in [0.25, 0.3) is 11.8 Å². The standard InChI is InChI=1S/C35H42N8O2S2/c1-42(2)32-17-13-29(14-18-32)39-25-38-28-9-5-26(6-10-28)34(44)36-21-23-46-47-24-22-37-35(45)27-7-11-30(12-8-27)40-41-31-15-19-33(20-16-31)43(3)4/h5-20,38-39H,21-25H2,1-4H3,(H,36,44)(H,37,45)/b41-40+. The van der Waals surface area contributed by atoms with Gasteiger partial charge < -0.3 is 31.1 Å². The molecule has 0 unspecified atom stereocenters. The summed E-state index contributed by atoms with van der Waals surface area (Å²) in [6, 6.07) is 30.5. The van der Waals surface area contributed by atoms with Crippen LogP contribution in [0.25, 0.3) is 0 Å². The van der Waals surface area contributed by atoms with E-state index in [-0.39, 0.29) is 11.8 Å². The van der Waals surface area contributed by atoms with Gasteiger partial charge in [-0.05, 0) is 97.1 Å². The molecule has 0 aliphatic carbocycles. The van der Waals surface area contributed by atoms with Crippen LogP contribution in [0.4, 0.5) is 34.1 Å². The number of rotatable bonds is 17. The van der Waals surface area contributed by atoms with Crippen LogP contribution in [0.2, 0.25) is 0 Å². The molecule has 0 saturated heterocycles. The Labute approximate surface area is 285 Å². The van der Waals surface area contributed by atoms with Crippen molar-refractivity contribution >= 4 is 67.5 Å². The smallest absolute Gasteiger partial charge is 0.251 e. The van der Waals surface area contributed by atoms with Crippen LogP contribution in [0.5, 0.6) is 0 Å². The summed E-state index contributed by atoms with van der Waals surface area (Å²) < 4.78 is 0. The van der Waals surface area contributed by atoms with Crippen LogP contribution in [-0.2, 0) is 0 Å². The highest BCUT2D eigenvalue weighted by Gasteiger charge is 2.07. The van der Waals surface area contributed by atoms with E-state index in [0.29, 0.717) is 36.6 Å². The van der Waals surface area contributed by atoms with E-state index in [0.717, 1.165) is 39.9 Å². The van der Waals surface area contributed by atoms with Gasteiger partial charge in [-0.15, -0.1) is 0 Å². The molecule has 0 aliphatic rings. The van der Waals surface area contributed by atoms with Crippen molar-refractivity contribution in [2.45, 2.75) is 0 Å². The van der Waals surface area contributed by atoms with Crippen LogP contribution >= 0.6 is 21.6 Å². The zero-order chi connectivity index (χ0) is 33.4. The first-order valence-corrected chi connectivity index (χ1v) is 17.7. The summed E-state index contributed by atoms with van der Waals surface area (Å²) in [7, 11) is 11.3. The van der Waals surface area contributed by atoms with Gasteiger partial charge in [-0.25, -0.2) is 0 Å². The Morgan fingerprint density at radius 1 is 0.553 bits per heavy atom. The molecule has 10 nitrogen and oxygen atoms in total. The third-order valence-electron chi connectivity index (χ3n) is 6.92. The molecule has 47 heavy (non-hydrogen) atoms. The minimum absolute atomic E-state index is 0.0975. The number of nitrogens with one attached hydrogen (secondary N) is 4. The Bertz CT molecular complexity index is 1580. The SMILES string of the molecule is CN(C)c1ccc(/N=N/c2ccc(C(=O)NCCSSCCNC(=O)c3ccc(NCNc4ccc(N(C)C)cc4)cc3)cc2)cc1. The topological polar surface area (TPSA) is 113 Å². The van der Waals surface area contributed by atoms with Crippen molar-refractivity contribution in [1.29, 1.82) is 0 Å². The van der Waals surface area contributed by atoms with Crippen molar-refractivity contribution in [3.05, 3.63) is 108 Å². The van der Waals surface area contributed by atoms with Gasteiger partial charge >= 0.3 is 0 Å². The minimum atomic E-state index is -0.127. The molecule has 0 heterocycles. The lowest BCUT2D eigenvalue weighted by molar-refractivity contribution is 0.0948. The summed E-state index contributed by atoms with van der Waals surface area (Å²) in [4.78, 5) is 29.1. The first-order valence-electron chi connectivity index (χ1n) is 15.2. The van der Waals surface area contributed by atoms with Gasteiger partial charge in [0, 0.05) is 86.7 Å². The average Bonchev–Trinajstić information content (AvgIpc) is 3.09. The summed E-state index contributed by atoms with van der Waals surface area (Å²) in [6.45, 7) is 1.68. The predicted molar refractivity (Wildman–Crippen MR) is 200 cm³/mol. The molecule has 0 aliphatic heterocycles. The molecule has 2 amide bonds. The maximum Gasteiger partial charge on any atom is 0.251 e. The van der Waals surface area contributed by atoms with E-state index in [1.807, 2.05) is 93.8 Å².